The monoisotopic (exact) mass is 370 g/mol. The molecule has 1 aliphatic rings. The van der Waals surface area contributed by atoms with E-state index in [4.69, 9.17) is 26.2 Å². The van der Waals surface area contributed by atoms with Gasteiger partial charge in [0.25, 0.3) is 0 Å². The van der Waals surface area contributed by atoms with E-state index in [0.717, 1.165) is 5.56 Å². The van der Waals surface area contributed by atoms with Crippen LogP contribution in [0.15, 0.2) is 18.2 Å². The quantitative estimate of drug-likeness (QED) is 0.775. The summed E-state index contributed by atoms with van der Waals surface area (Å²) in [6, 6.07) is 5.20. The second-order valence-corrected chi connectivity index (χ2v) is 6.49. The van der Waals surface area contributed by atoms with E-state index in [-0.39, 0.29) is 25.0 Å². The summed E-state index contributed by atoms with van der Waals surface area (Å²) in [7, 11) is 3.27. The average molecular weight is 371 g/mol. The summed E-state index contributed by atoms with van der Waals surface area (Å²) < 4.78 is 10.9. The smallest absolute Gasteiger partial charge is 0.317 e. The zero-order chi connectivity index (χ0) is 18.4. The third-order valence-corrected chi connectivity index (χ3v) is 4.23. The van der Waals surface area contributed by atoms with Crippen molar-refractivity contribution in [1.82, 2.24) is 9.80 Å². The van der Waals surface area contributed by atoms with Gasteiger partial charge in [0.05, 0.1) is 32.8 Å². The van der Waals surface area contributed by atoms with Gasteiger partial charge in [0.15, 0.2) is 0 Å². The van der Waals surface area contributed by atoms with Crippen molar-refractivity contribution in [2.24, 2.45) is 0 Å². The summed E-state index contributed by atoms with van der Waals surface area (Å²) >= 11 is 6.01. The Kier molecular flexibility index (Phi) is 7.04. The first kappa shape index (κ1) is 19.5. The Morgan fingerprint density at radius 2 is 2.24 bits per heavy atom. The summed E-state index contributed by atoms with van der Waals surface area (Å²) in [5, 5.41) is 9.37. The molecule has 1 saturated heterocycles. The van der Waals surface area contributed by atoms with Crippen LogP contribution in [0.1, 0.15) is 5.56 Å². The Morgan fingerprint density at radius 3 is 2.92 bits per heavy atom. The van der Waals surface area contributed by atoms with E-state index >= 15 is 0 Å². The summed E-state index contributed by atoms with van der Waals surface area (Å²) in [5.74, 6) is -0.294. The van der Waals surface area contributed by atoms with Crippen molar-refractivity contribution in [2.45, 2.75) is 12.5 Å². The van der Waals surface area contributed by atoms with E-state index in [1.807, 2.05) is 0 Å². The molecule has 1 aliphatic heterocycles. The third-order valence-electron chi connectivity index (χ3n) is 4.00. The molecule has 1 aromatic carbocycles. The van der Waals surface area contributed by atoms with Gasteiger partial charge in [-0.1, -0.05) is 11.6 Å². The van der Waals surface area contributed by atoms with Crippen LogP contribution in [0.25, 0.3) is 0 Å². The molecule has 1 fully saturated rings. The SMILES string of the molecule is COc1ccc(Cl)cc1CC(=O)N1CCO[C@@H](CN(C)CC(=O)O)C1. The number of carboxylic acids is 1. The molecule has 1 atom stereocenters. The zero-order valence-electron chi connectivity index (χ0n) is 14.4. The number of hydrogen-bond acceptors (Lipinski definition) is 5. The van der Waals surface area contributed by atoms with Crippen LogP contribution in [0.4, 0.5) is 0 Å². The highest BCUT2D eigenvalue weighted by Gasteiger charge is 2.26. The predicted molar refractivity (Wildman–Crippen MR) is 93.2 cm³/mol. The molecule has 1 N–H and O–H groups in total. The number of morpholine rings is 1. The van der Waals surface area contributed by atoms with Crippen molar-refractivity contribution >= 4 is 23.5 Å². The Labute approximate surface area is 152 Å². The van der Waals surface area contributed by atoms with Crippen molar-refractivity contribution in [3.63, 3.8) is 0 Å². The lowest BCUT2D eigenvalue weighted by molar-refractivity contribution is -0.142. The van der Waals surface area contributed by atoms with Gasteiger partial charge in [-0.2, -0.15) is 0 Å². The van der Waals surface area contributed by atoms with Gasteiger partial charge in [-0.3, -0.25) is 14.5 Å². The first-order valence-electron chi connectivity index (χ1n) is 8.01. The molecule has 0 radical (unpaired) electrons. The zero-order valence-corrected chi connectivity index (χ0v) is 15.2. The molecule has 0 spiro atoms. The van der Waals surface area contributed by atoms with E-state index < -0.39 is 5.97 Å². The Bertz CT molecular complexity index is 625. The number of halogens is 1. The number of methoxy groups -OCH3 is 1. The topological polar surface area (TPSA) is 79.3 Å². The fourth-order valence-corrected chi connectivity index (χ4v) is 3.05. The molecule has 8 heteroatoms. The number of carbonyl (C=O) groups is 2. The van der Waals surface area contributed by atoms with E-state index in [1.165, 1.54) is 0 Å². The van der Waals surface area contributed by atoms with Crippen LogP contribution in [0, 0.1) is 0 Å². The van der Waals surface area contributed by atoms with E-state index in [0.29, 0.717) is 37.0 Å². The number of rotatable bonds is 7. The highest BCUT2D eigenvalue weighted by Crippen LogP contribution is 2.24. The van der Waals surface area contributed by atoms with Crippen LogP contribution in [0.3, 0.4) is 0 Å². The number of ether oxygens (including phenoxy) is 2. The Hall–Kier alpha value is -1.83. The molecule has 0 bridgehead atoms. The molecule has 0 aromatic heterocycles. The Morgan fingerprint density at radius 1 is 1.48 bits per heavy atom. The minimum absolute atomic E-state index is 0.0326. The molecular weight excluding hydrogens is 348 g/mol. The maximum absolute atomic E-state index is 12.6. The molecule has 1 amide bonds. The molecule has 1 aromatic rings. The number of benzene rings is 1. The average Bonchev–Trinajstić information content (AvgIpc) is 2.54. The normalized spacial score (nSPS) is 17.6. The lowest BCUT2D eigenvalue weighted by Gasteiger charge is -2.34. The van der Waals surface area contributed by atoms with Crippen LogP contribution in [0.2, 0.25) is 5.02 Å². The van der Waals surface area contributed by atoms with Crippen LogP contribution < -0.4 is 4.74 Å². The van der Waals surface area contributed by atoms with Gasteiger partial charge < -0.3 is 19.5 Å². The molecule has 2 rings (SSSR count). The number of likely N-dealkylation sites (N-methyl/N-ethyl adjacent to an activating group) is 1. The second-order valence-electron chi connectivity index (χ2n) is 6.06. The molecule has 0 saturated carbocycles. The molecule has 0 unspecified atom stereocenters. The first-order valence-corrected chi connectivity index (χ1v) is 8.39. The Balaban J connectivity index is 1.95. The summed E-state index contributed by atoms with van der Waals surface area (Å²) in [6.07, 6.45) is -0.00942. The summed E-state index contributed by atoms with van der Waals surface area (Å²) in [4.78, 5) is 26.8. The number of amides is 1. The highest BCUT2D eigenvalue weighted by atomic mass is 35.5. The number of hydrogen-bond donors (Lipinski definition) is 1. The molecule has 1 heterocycles. The largest absolute Gasteiger partial charge is 0.496 e. The van der Waals surface area contributed by atoms with Gasteiger partial charge in [0.1, 0.15) is 5.75 Å². The maximum atomic E-state index is 12.6. The number of carbonyl (C=O) groups excluding carboxylic acids is 1. The molecule has 7 nitrogen and oxygen atoms in total. The standard InChI is InChI=1S/C17H23ClN2O5/c1-19(11-17(22)23)9-14-10-20(5-6-25-14)16(21)8-12-7-13(18)3-4-15(12)24-2/h3-4,7,14H,5-6,8-11H2,1-2H3,(H,22,23)/t14-/m0/s1. The molecule has 138 valence electrons. The van der Waals surface area contributed by atoms with Crippen LogP contribution in [-0.2, 0) is 20.7 Å². The van der Waals surface area contributed by atoms with Gasteiger partial charge in [0.2, 0.25) is 5.91 Å². The van der Waals surface area contributed by atoms with Crippen molar-refractivity contribution in [3.8, 4) is 5.75 Å². The fraction of sp³-hybridized carbons (Fsp3) is 0.529. The van der Waals surface area contributed by atoms with Crippen LogP contribution in [0.5, 0.6) is 5.75 Å². The van der Waals surface area contributed by atoms with E-state index in [1.54, 1.807) is 42.2 Å². The van der Waals surface area contributed by atoms with Crippen molar-refractivity contribution in [1.29, 1.82) is 0 Å². The van der Waals surface area contributed by atoms with Crippen molar-refractivity contribution < 1.29 is 24.2 Å². The van der Waals surface area contributed by atoms with Gasteiger partial charge in [-0.15, -0.1) is 0 Å². The van der Waals surface area contributed by atoms with Gasteiger partial charge in [-0.25, -0.2) is 0 Å². The highest BCUT2D eigenvalue weighted by molar-refractivity contribution is 6.30. The first-order chi connectivity index (χ1) is 11.9. The summed E-state index contributed by atoms with van der Waals surface area (Å²) in [6.45, 7) is 1.78. The lowest BCUT2D eigenvalue weighted by atomic mass is 10.1. The van der Waals surface area contributed by atoms with Crippen LogP contribution >= 0.6 is 11.6 Å². The van der Waals surface area contributed by atoms with E-state index in [2.05, 4.69) is 0 Å². The van der Waals surface area contributed by atoms with Gasteiger partial charge >= 0.3 is 5.97 Å². The minimum atomic E-state index is -0.890. The maximum Gasteiger partial charge on any atom is 0.317 e. The van der Waals surface area contributed by atoms with Crippen molar-refractivity contribution in [3.05, 3.63) is 28.8 Å². The van der Waals surface area contributed by atoms with Gasteiger partial charge in [0, 0.05) is 30.2 Å². The lowest BCUT2D eigenvalue weighted by Crippen LogP contribution is -2.50. The predicted octanol–water partition coefficient (Wildman–Crippen LogP) is 1.13. The molecular formula is C17H23ClN2O5. The van der Waals surface area contributed by atoms with Crippen LogP contribution in [-0.4, -0.2) is 79.8 Å². The number of nitrogens with zero attached hydrogens (tertiary/aromatic N) is 2. The minimum Gasteiger partial charge on any atom is -0.496 e. The van der Waals surface area contributed by atoms with Gasteiger partial charge in [-0.05, 0) is 25.2 Å². The van der Waals surface area contributed by atoms with E-state index in [9.17, 15) is 9.59 Å². The second kappa shape index (κ2) is 9.03. The summed E-state index contributed by atoms with van der Waals surface area (Å²) in [5.41, 5.74) is 0.742. The molecule has 25 heavy (non-hydrogen) atoms. The third kappa shape index (κ3) is 5.88. The fourth-order valence-electron chi connectivity index (χ4n) is 2.86. The number of aliphatic carboxylic acids is 1. The number of carboxylic acid groups (broad SMARTS) is 1. The molecule has 0 aliphatic carbocycles. The van der Waals surface area contributed by atoms with Crippen molar-refractivity contribution in [2.75, 3.05) is 46.9 Å².